The lowest BCUT2D eigenvalue weighted by Gasteiger charge is -2.40. The summed E-state index contributed by atoms with van der Waals surface area (Å²) in [4.78, 5) is 12.9. The number of aliphatic hydroxyl groups excluding tert-OH is 5. The number of hydrogen-bond acceptors (Lipinski definition) is 8. The minimum atomic E-state index is -1.57. The molecular weight excluding hydrogens is 695 g/mol. The zero-order valence-corrected chi connectivity index (χ0v) is 34.9. The highest BCUT2D eigenvalue weighted by Crippen LogP contribution is 2.22. The topological polar surface area (TPSA) is 149 Å². The van der Waals surface area contributed by atoms with Crippen LogP contribution in [0.5, 0.6) is 0 Å². The van der Waals surface area contributed by atoms with Crippen LogP contribution < -0.4 is 5.32 Å². The van der Waals surface area contributed by atoms with Gasteiger partial charge in [-0.25, -0.2) is 0 Å². The first-order chi connectivity index (χ1) is 26.8. The Kier molecular flexibility index (Phi) is 33.9. The van der Waals surface area contributed by atoms with E-state index in [1.54, 1.807) is 6.08 Å². The zero-order valence-electron chi connectivity index (χ0n) is 34.9. The van der Waals surface area contributed by atoms with E-state index in [1.807, 2.05) is 6.08 Å². The molecule has 9 heteroatoms. The molecule has 9 nitrogen and oxygen atoms in total. The van der Waals surface area contributed by atoms with Crippen LogP contribution in [0.15, 0.2) is 48.6 Å². The molecule has 0 saturated carbocycles. The van der Waals surface area contributed by atoms with Crippen LogP contribution in [-0.2, 0) is 14.3 Å². The number of rotatable bonds is 36. The first-order valence-corrected chi connectivity index (χ1v) is 22.4. The summed E-state index contributed by atoms with van der Waals surface area (Å²) in [6, 6.07) is -0.813. The van der Waals surface area contributed by atoms with Crippen LogP contribution in [0.3, 0.4) is 0 Å². The number of hydrogen-bond donors (Lipinski definition) is 6. The fraction of sp³-hybridized carbons (Fsp3) is 0.804. The minimum absolute atomic E-state index is 0.196. The van der Waals surface area contributed by atoms with E-state index in [0.717, 1.165) is 77.0 Å². The van der Waals surface area contributed by atoms with Gasteiger partial charge in [0.05, 0.1) is 25.4 Å². The molecule has 1 rings (SSSR count). The van der Waals surface area contributed by atoms with Crippen molar-refractivity contribution >= 4 is 5.91 Å². The third-order valence-corrected chi connectivity index (χ3v) is 10.4. The molecule has 1 aliphatic heterocycles. The molecule has 0 spiro atoms. The molecule has 7 unspecified atom stereocenters. The molecule has 0 radical (unpaired) electrons. The summed E-state index contributed by atoms with van der Waals surface area (Å²) in [5.41, 5.74) is 0. The lowest BCUT2D eigenvalue weighted by molar-refractivity contribution is -0.302. The van der Waals surface area contributed by atoms with E-state index in [0.29, 0.717) is 6.42 Å². The monoisotopic (exact) mass is 778 g/mol. The number of unbranched alkanes of at least 4 members (excludes halogenated alkanes) is 20. The lowest BCUT2D eigenvalue weighted by Crippen LogP contribution is -2.60. The van der Waals surface area contributed by atoms with E-state index in [1.165, 1.54) is 83.5 Å². The Hall–Kier alpha value is -1.85. The summed E-state index contributed by atoms with van der Waals surface area (Å²) in [5.74, 6) is -0.196. The summed E-state index contributed by atoms with van der Waals surface area (Å²) >= 11 is 0. The maximum Gasteiger partial charge on any atom is 0.220 e. The van der Waals surface area contributed by atoms with Gasteiger partial charge in [-0.05, 0) is 51.4 Å². The number of amides is 1. The van der Waals surface area contributed by atoms with Gasteiger partial charge >= 0.3 is 0 Å². The van der Waals surface area contributed by atoms with Crippen molar-refractivity contribution in [1.82, 2.24) is 5.32 Å². The van der Waals surface area contributed by atoms with Crippen LogP contribution in [0.2, 0.25) is 0 Å². The predicted molar refractivity (Wildman–Crippen MR) is 226 cm³/mol. The number of carbonyl (C=O) groups excluding carboxylic acids is 1. The average molecular weight is 778 g/mol. The van der Waals surface area contributed by atoms with Crippen molar-refractivity contribution in [3.8, 4) is 0 Å². The molecule has 1 aliphatic rings. The number of allylic oxidation sites excluding steroid dienone is 7. The predicted octanol–water partition coefficient (Wildman–Crippen LogP) is 9.06. The summed E-state index contributed by atoms with van der Waals surface area (Å²) < 4.78 is 11.2. The Balaban J connectivity index is 2.39. The van der Waals surface area contributed by atoms with Crippen LogP contribution in [0.1, 0.15) is 181 Å². The molecule has 1 saturated heterocycles. The van der Waals surface area contributed by atoms with Crippen LogP contribution in [0.25, 0.3) is 0 Å². The van der Waals surface area contributed by atoms with Crippen molar-refractivity contribution in [3.05, 3.63) is 48.6 Å². The Bertz CT molecular complexity index is 998. The molecule has 0 bridgehead atoms. The van der Waals surface area contributed by atoms with Crippen LogP contribution >= 0.6 is 0 Å². The van der Waals surface area contributed by atoms with Crippen LogP contribution in [-0.4, -0.2) is 87.5 Å². The van der Waals surface area contributed by atoms with Crippen molar-refractivity contribution in [2.24, 2.45) is 0 Å². The van der Waals surface area contributed by atoms with E-state index in [2.05, 4.69) is 55.6 Å². The minimum Gasteiger partial charge on any atom is -0.394 e. The molecule has 0 aliphatic carbocycles. The number of ether oxygens (including phenoxy) is 2. The molecule has 7 atom stereocenters. The fourth-order valence-corrected chi connectivity index (χ4v) is 6.82. The molecule has 1 fully saturated rings. The lowest BCUT2D eigenvalue weighted by atomic mass is 9.99. The molecule has 6 N–H and O–H groups in total. The van der Waals surface area contributed by atoms with Crippen molar-refractivity contribution in [2.45, 2.75) is 224 Å². The van der Waals surface area contributed by atoms with E-state index in [4.69, 9.17) is 9.47 Å². The number of carbonyl (C=O) groups is 1. The second-order valence-corrected chi connectivity index (χ2v) is 15.5. The van der Waals surface area contributed by atoms with E-state index in [-0.39, 0.29) is 12.5 Å². The molecule has 1 heterocycles. The van der Waals surface area contributed by atoms with Gasteiger partial charge in [0.1, 0.15) is 24.4 Å². The summed E-state index contributed by atoms with van der Waals surface area (Å²) in [5, 5.41) is 54.1. The van der Waals surface area contributed by atoms with Crippen molar-refractivity contribution < 1.29 is 39.8 Å². The normalized spacial score (nSPS) is 21.8. The molecule has 320 valence electrons. The van der Waals surface area contributed by atoms with Gasteiger partial charge < -0.3 is 40.3 Å². The highest BCUT2D eigenvalue weighted by Gasteiger charge is 2.44. The summed E-state index contributed by atoms with van der Waals surface area (Å²) in [6.07, 6.45) is 38.6. The summed E-state index contributed by atoms with van der Waals surface area (Å²) in [6.45, 7) is 3.64. The number of nitrogens with one attached hydrogen (secondary N) is 1. The Morgan fingerprint density at radius 1 is 0.636 bits per heavy atom. The fourth-order valence-electron chi connectivity index (χ4n) is 6.82. The van der Waals surface area contributed by atoms with Crippen molar-refractivity contribution in [3.63, 3.8) is 0 Å². The SMILES string of the molecule is CC/C=C\C/C=C\C/C=C\CCCCCCCC(=O)NC(COC1OC(CO)C(O)C(O)C1O)C(O)/C=C/CCCCCCCCCCCCCCCCC. The second-order valence-electron chi connectivity index (χ2n) is 15.5. The van der Waals surface area contributed by atoms with Gasteiger partial charge in [-0.3, -0.25) is 4.79 Å². The first-order valence-electron chi connectivity index (χ1n) is 22.4. The van der Waals surface area contributed by atoms with Gasteiger partial charge in [0, 0.05) is 6.42 Å². The molecular formula is C46H83NO8. The van der Waals surface area contributed by atoms with Crippen molar-refractivity contribution in [2.75, 3.05) is 13.2 Å². The third-order valence-electron chi connectivity index (χ3n) is 10.4. The van der Waals surface area contributed by atoms with Gasteiger partial charge in [0.25, 0.3) is 0 Å². The van der Waals surface area contributed by atoms with Gasteiger partial charge in [-0.2, -0.15) is 0 Å². The molecule has 55 heavy (non-hydrogen) atoms. The second kappa shape index (κ2) is 36.5. The van der Waals surface area contributed by atoms with E-state index in [9.17, 15) is 30.3 Å². The summed E-state index contributed by atoms with van der Waals surface area (Å²) in [7, 11) is 0. The molecule has 0 aromatic carbocycles. The van der Waals surface area contributed by atoms with E-state index >= 15 is 0 Å². The average Bonchev–Trinajstić information content (AvgIpc) is 3.18. The molecule has 1 amide bonds. The Morgan fingerprint density at radius 3 is 1.67 bits per heavy atom. The molecule has 0 aromatic rings. The highest BCUT2D eigenvalue weighted by atomic mass is 16.7. The van der Waals surface area contributed by atoms with Crippen molar-refractivity contribution in [1.29, 1.82) is 0 Å². The maximum atomic E-state index is 12.9. The Labute approximate surface area is 335 Å². The third kappa shape index (κ3) is 27.4. The smallest absolute Gasteiger partial charge is 0.220 e. The maximum absolute atomic E-state index is 12.9. The van der Waals surface area contributed by atoms with Gasteiger partial charge in [0.15, 0.2) is 6.29 Å². The largest absolute Gasteiger partial charge is 0.394 e. The molecule has 0 aromatic heterocycles. The van der Waals surface area contributed by atoms with Gasteiger partial charge in [0.2, 0.25) is 5.91 Å². The first kappa shape index (κ1) is 51.2. The zero-order chi connectivity index (χ0) is 40.2. The quantitative estimate of drug-likeness (QED) is 0.0273. The highest BCUT2D eigenvalue weighted by molar-refractivity contribution is 5.76. The standard InChI is InChI=1S/C46H83NO8/c1-3-5-7-9-11-13-15-17-19-20-22-23-25-27-29-31-33-35-40(49)39(38-54-46-45(53)44(52)43(51)41(37-48)55-46)47-42(50)36-34-32-30-28-26-24-21-18-16-14-12-10-8-6-4-2/h6,8,12,14,18,21,33,35,39-41,43-46,48-49,51-53H,3-5,7,9-11,13,15-17,19-20,22-32,34,36-38H2,1-2H3,(H,47,50)/b8-6-,14-12-,21-18-,35-33+. The number of aliphatic hydroxyl groups is 5. The van der Waals surface area contributed by atoms with Crippen LogP contribution in [0.4, 0.5) is 0 Å². The van der Waals surface area contributed by atoms with Crippen LogP contribution in [0, 0.1) is 0 Å². The van der Waals surface area contributed by atoms with E-state index < -0.39 is 49.5 Å². The van der Waals surface area contributed by atoms with Gasteiger partial charge in [-0.15, -0.1) is 0 Å². The van der Waals surface area contributed by atoms with Gasteiger partial charge in [-0.1, -0.05) is 172 Å². The Morgan fingerprint density at radius 2 is 1.13 bits per heavy atom.